The lowest BCUT2D eigenvalue weighted by atomic mass is 9.86. The first-order chi connectivity index (χ1) is 7.13. The van der Waals surface area contributed by atoms with E-state index in [-0.39, 0.29) is 24.4 Å². The lowest BCUT2D eigenvalue weighted by Gasteiger charge is -2.27. The molecule has 0 saturated heterocycles. The predicted octanol–water partition coefficient (Wildman–Crippen LogP) is -0.0346. The van der Waals surface area contributed by atoms with Crippen LogP contribution in [-0.2, 0) is 9.59 Å². The summed E-state index contributed by atoms with van der Waals surface area (Å²) in [7, 11) is 1.59. The Morgan fingerprint density at radius 1 is 1.40 bits per heavy atom. The molecule has 2 atom stereocenters. The summed E-state index contributed by atoms with van der Waals surface area (Å²) in [6.07, 6.45) is 3.27. The highest BCUT2D eigenvalue weighted by Gasteiger charge is 2.26. The van der Waals surface area contributed by atoms with Gasteiger partial charge < -0.3 is 15.7 Å². The number of amides is 1. The van der Waals surface area contributed by atoms with Crippen LogP contribution in [0.15, 0.2) is 0 Å². The zero-order valence-electron chi connectivity index (χ0n) is 8.95. The zero-order chi connectivity index (χ0) is 11.3. The molecule has 1 fully saturated rings. The number of hydrogen-bond acceptors (Lipinski definition) is 3. The number of likely N-dealkylation sites (N-methyl/N-ethyl adjacent to an activating group) is 1. The SMILES string of the molecule is CNC(=O)CNC1CCCC(C(=O)O)C1. The molecule has 1 aliphatic carbocycles. The monoisotopic (exact) mass is 214 g/mol. The Morgan fingerprint density at radius 3 is 2.73 bits per heavy atom. The van der Waals surface area contributed by atoms with Crippen molar-refractivity contribution in [3.05, 3.63) is 0 Å². The summed E-state index contributed by atoms with van der Waals surface area (Å²) in [6, 6.07) is 0.164. The molecule has 86 valence electrons. The van der Waals surface area contributed by atoms with Gasteiger partial charge in [0.05, 0.1) is 12.5 Å². The molecule has 5 heteroatoms. The third-order valence-electron chi connectivity index (χ3n) is 2.85. The van der Waals surface area contributed by atoms with Crippen LogP contribution in [0.25, 0.3) is 0 Å². The molecule has 0 aromatic rings. The van der Waals surface area contributed by atoms with Crippen molar-refractivity contribution in [3.63, 3.8) is 0 Å². The van der Waals surface area contributed by atoms with Gasteiger partial charge in [-0.15, -0.1) is 0 Å². The predicted molar refractivity (Wildman–Crippen MR) is 55.5 cm³/mol. The summed E-state index contributed by atoms with van der Waals surface area (Å²) in [5.41, 5.74) is 0. The van der Waals surface area contributed by atoms with Crippen LogP contribution in [0, 0.1) is 5.92 Å². The molecule has 3 N–H and O–H groups in total. The van der Waals surface area contributed by atoms with Gasteiger partial charge in [0, 0.05) is 13.1 Å². The molecule has 1 aliphatic rings. The highest BCUT2D eigenvalue weighted by atomic mass is 16.4. The average molecular weight is 214 g/mol. The van der Waals surface area contributed by atoms with Gasteiger partial charge in [0.15, 0.2) is 0 Å². The normalized spacial score (nSPS) is 25.9. The van der Waals surface area contributed by atoms with E-state index in [1.807, 2.05) is 0 Å². The van der Waals surface area contributed by atoms with Crippen LogP contribution in [0.3, 0.4) is 0 Å². The summed E-state index contributed by atoms with van der Waals surface area (Å²) >= 11 is 0. The Kier molecular flexibility index (Phi) is 4.55. The van der Waals surface area contributed by atoms with E-state index in [4.69, 9.17) is 5.11 Å². The summed E-state index contributed by atoms with van der Waals surface area (Å²) < 4.78 is 0. The highest BCUT2D eigenvalue weighted by molar-refractivity contribution is 5.77. The van der Waals surface area contributed by atoms with E-state index in [0.717, 1.165) is 19.3 Å². The van der Waals surface area contributed by atoms with Gasteiger partial charge in [-0.25, -0.2) is 0 Å². The number of carboxylic acid groups (broad SMARTS) is 1. The molecule has 1 saturated carbocycles. The first kappa shape index (κ1) is 12.0. The van der Waals surface area contributed by atoms with Gasteiger partial charge in [-0.05, 0) is 19.3 Å². The third kappa shape index (κ3) is 3.87. The summed E-state index contributed by atoms with van der Waals surface area (Å²) in [4.78, 5) is 21.8. The maximum atomic E-state index is 11.0. The molecule has 0 spiro atoms. The Morgan fingerprint density at radius 2 is 2.13 bits per heavy atom. The standard InChI is InChI=1S/C10H18N2O3/c1-11-9(13)6-12-8-4-2-3-7(5-8)10(14)15/h7-8,12H,2-6H2,1H3,(H,11,13)(H,14,15). The van der Waals surface area contributed by atoms with E-state index < -0.39 is 5.97 Å². The average Bonchev–Trinajstić information content (AvgIpc) is 2.26. The van der Waals surface area contributed by atoms with Crippen molar-refractivity contribution in [2.24, 2.45) is 5.92 Å². The summed E-state index contributed by atoms with van der Waals surface area (Å²) in [5, 5.41) is 14.5. The second-order valence-electron chi connectivity index (χ2n) is 3.95. The Labute approximate surface area is 89.2 Å². The minimum atomic E-state index is -0.721. The smallest absolute Gasteiger partial charge is 0.306 e. The highest BCUT2D eigenvalue weighted by Crippen LogP contribution is 2.24. The van der Waals surface area contributed by atoms with Crippen molar-refractivity contribution in [1.29, 1.82) is 0 Å². The van der Waals surface area contributed by atoms with Gasteiger partial charge in [-0.2, -0.15) is 0 Å². The Balaban J connectivity index is 2.30. The van der Waals surface area contributed by atoms with E-state index in [0.29, 0.717) is 6.42 Å². The van der Waals surface area contributed by atoms with Crippen LogP contribution in [0.5, 0.6) is 0 Å². The van der Waals surface area contributed by atoms with Crippen LogP contribution in [0.2, 0.25) is 0 Å². The van der Waals surface area contributed by atoms with E-state index >= 15 is 0 Å². The summed E-state index contributed by atoms with van der Waals surface area (Å²) in [6.45, 7) is 0.271. The van der Waals surface area contributed by atoms with Crippen LogP contribution in [-0.4, -0.2) is 36.6 Å². The number of rotatable bonds is 4. The van der Waals surface area contributed by atoms with Gasteiger partial charge in [0.2, 0.25) is 5.91 Å². The minimum absolute atomic E-state index is 0.0625. The van der Waals surface area contributed by atoms with Crippen molar-refractivity contribution < 1.29 is 14.7 Å². The molecule has 5 nitrogen and oxygen atoms in total. The molecular formula is C10H18N2O3. The number of carboxylic acids is 1. The van der Waals surface area contributed by atoms with Crippen LogP contribution in [0.4, 0.5) is 0 Å². The van der Waals surface area contributed by atoms with Crippen molar-refractivity contribution in [1.82, 2.24) is 10.6 Å². The van der Waals surface area contributed by atoms with Gasteiger partial charge >= 0.3 is 5.97 Å². The number of hydrogen-bond donors (Lipinski definition) is 3. The lowest BCUT2D eigenvalue weighted by molar-refractivity contribution is -0.143. The number of nitrogens with one attached hydrogen (secondary N) is 2. The Hall–Kier alpha value is -1.10. The third-order valence-corrected chi connectivity index (χ3v) is 2.85. The molecule has 2 unspecified atom stereocenters. The van der Waals surface area contributed by atoms with Crippen molar-refractivity contribution in [3.8, 4) is 0 Å². The second-order valence-corrected chi connectivity index (χ2v) is 3.95. The molecule has 0 bridgehead atoms. The minimum Gasteiger partial charge on any atom is -0.481 e. The molecular weight excluding hydrogens is 196 g/mol. The van der Waals surface area contributed by atoms with E-state index in [1.54, 1.807) is 7.05 Å². The van der Waals surface area contributed by atoms with Crippen molar-refractivity contribution >= 4 is 11.9 Å². The topological polar surface area (TPSA) is 78.4 Å². The molecule has 0 aromatic carbocycles. The molecule has 0 heterocycles. The molecule has 0 aliphatic heterocycles. The van der Waals surface area contributed by atoms with E-state index in [9.17, 15) is 9.59 Å². The molecule has 15 heavy (non-hydrogen) atoms. The van der Waals surface area contributed by atoms with E-state index in [2.05, 4.69) is 10.6 Å². The van der Waals surface area contributed by atoms with Crippen molar-refractivity contribution in [2.45, 2.75) is 31.7 Å². The second kappa shape index (κ2) is 5.70. The van der Waals surface area contributed by atoms with Gasteiger partial charge in [-0.3, -0.25) is 9.59 Å². The fourth-order valence-electron chi connectivity index (χ4n) is 1.92. The molecule has 0 radical (unpaired) electrons. The summed E-state index contributed by atoms with van der Waals surface area (Å²) in [5.74, 6) is -1.03. The van der Waals surface area contributed by atoms with Gasteiger partial charge in [-0.1, -0.05) is 6.42 Å². The molecule has 1 amide bonds. The largest absolute Gasteiger partial charge is 0.481 e. The zero-order valence-corrected chi connectivity index (χ0v) is 8.95. The van der Waals surface area contributed by atoms with E-state index in [1.165, 1.54) is 0 Å². The van der Waals surface area contributed by atoms with Gasteiger partial charge in [0.25, 0.3) is 0 Å². The number of aliphatic carboxylic acids is 1. The fraction of sp³-hybridized carbons (Fsp3) is 0.800. The number of carbonyl (C=O) groups excluding carboxylic acids is 1. The van der Waals surface area contributed by atoms with Crippen molar-refractivity contribution in [2.75, 3.05) is 13.6 Å². The van der Waals surface area contributed by atoms with Crippen LogP contribution >= 0.6 is 0 Å². The first-order valence-electron chi connectivity index (χ1n) is 5.30. The maximum absolute atomic E-state index is 11.0. The molecule has 1 rings (SSSR count). The first-order valence-corrected chi connectivity index (χ1v) is 5.30. The fourth-order valence-corrected chi connectivity index (χ4v) is 1.92. The van der Waals surface area contributed by atoms with Gasteiger partial charge in [0.1, 0.15) is 0 Å². The lowest BCUT2D eigenvalue weighted by Crippen LogP contribution is -2.41. The van der Waals surface area contributed by atoms with Crippen LogP contribution < -0.4 is 10.6 Å². The Bertz CT molecular complexity index is 243. The quantitative estimate of drug-likeness (QED) is 0.614. The number of carbonyl (C=O) groups is 2. The van der Waals surface area contributed by atoms with Crippen LogP contribution in [0.1, 0.15) is 25.7 Å². The molecule has 0 aromatic heterocycles. The maximum Gasteiger partial charge on any atom is 0.306 e.